The van der Waals surface area contributed by atoms with Crippen molar-refractivity contribution < 1.29 is 14.3 Å². The fourth-order valence-electron chi connectivity index (χ4n) is 3.15. The van der Waals surface area contributed by atoms with E-state index in [4.69, 9.17) is 21.1 Å². The fourth-order valence-corrected chi connectivity index (χ4v) is 4.19. The van der Waals surface area contributed by atoms with Crippen LogP contribution >= 0.6 is 23.4 Å². The van der Waals surface area contributed by atoms with Gasteiger partial charge in [-0.15, -0.1) is 0 Å². The zero-order valence-corrected chi connectivity index (χ0v) is 20.1. The van der Waals surface area contributed by atoms with Gasteiger partial charge >= 0.3 is 5.97 Å². The quantitative estimate of drug-likeness (QED) is 0.268. The number of nitrogens with zero attached hydrogens (tertiary/aromatic N) is 2. The van der Waals surface area contributed by atoms with Crippen molar-refractivity contribution in [1.82, 2.24) is 9.78 Å². The minimum atomic E-state index is -0.471. The van der Waals surface area contributed by atoms with Crippen LogP contribution in [0.3, 0.4) is 0 Å². The van der Waals surface area contributed by atoms with E-state index < -0.39 is 5.97 Å². The molecule has 0 aliphatic heterocycles. The molecule has 0 N–H and O–H groups in total. The molecular weight excluding hydrogens is 456 g/mol. The van der Waals surface area contributed by atoms with Gasteiger partial charge < -0.3 is 9.47 Å². The third kappa shape index (κ3) is 5.59. The molecule has 0 spiro atoms. The zero-order chi connectivity index (χ0) is 23.4. The molecule has 33 heavy (non-hydrogen) atoms. The molecule has 1 heterocycles. The number of para-hydroxylation sites is 1. The first-order valence-corrected chi connectivity index (χ1v) is 11.7. The molecule has 0 atom stereocenters. The lowest BCUT2D eigenvalue weighted by molar-refractivity contribution is 0.0718. The second-order valence-electron chi connectivity index (χ2n) is 7.60. The number of carbonyl (C=O) groups is 1. The molecule has 0 fully saturated rings. The van der Waals surface area contributed by atoms with Crippen molar-refractivity contribution in [2.24, 2.45) is 0 Å². The first kappa shape index (κ1) is 23.0. The van der Waals surface area contributed by atoms with Gasteiger partial charge in [-0.05, 0) is 81.4 Å². The molecular formula is C26H23ClN2O3S. The summed E-state index contributed by atoms with van der Waals surface area (Å²) in [4.78, 5) is 14.8. The second kappa shape index (κ2) is 10.1. The monoisotopic (exact) mass is 478 g/mol. The van der Waals surface area contributed by atoms with E-state index in [0.717, 1.165) is 21.2 Å². The first-order chi connectivity index (χ1) is 15.9. The molecule has 0 aliphatic carbocycles. The number of aryl methyl sites for hydroxylation is 1. The Bertz CT molecular complexity index is 1240. The maximum absolute atomic E-state index is 13.1. The Morgan fingerprint density at radius 2 is 1.64 bits per heavy atom. The lowest BCUT2D eigenvalue weighted by Crippen LogP contribution is -2.12. The van der Waals surface area contributed by atoms with E-state index >= 15 is 0 Å². The van der Waals surface area contributed by atoms with Gasteiger partial charge in [-0.25, -0.2) is 4.79 Å². The zero-order valence-electron chi connectivity index (χ0n) is 18.5. The molecule has 0 aliphatic rings. The summed E-state index contributed by atoms with van der Waals surface area (Å²) in [5.41, 5.74) is 1.97. The number of hydrogen-bond donors (Lipinski definition) is 0. The van der Waals surface area contributed by atoms with Crippen LogP contribution in [0.15, 0.2) is 88.7 Å². The van der Waals surface area contributed by atoms with Crippen molar-refractivity contribution in [2.45, 2.75) is 36.7 Å². The number of benzene rings is 3. The smallest absolute Gasteiger partial charge is 0.344 e. The molecule has 3 aromatic carbocycles. The van der Waals surface area contributed by atoms with Crippen molar-refractivity contribution in [3.63, 3.8) is 0 Å². The van der Waals surface area contributed by atoms with Gasteiger partial charge in [-0.2, -0.15) is 9.78 Å². The van der Waals surface area contributed by atoms with Crippen LogP contribution < -0.4 is 9.47 Å². The van der Waals surface area contributed by atoms with Crippen LogP contribution in [0.25, 0.3) is 5.69 Å². The van der Waals surface area contributed by atoms with E-state index in [-0.39, 0.29) is 6.10 Å². The highest BCUT2D eigenvalue weighted by atomic mass is 35.5. The first-order valence-electron chi connectivity index (χ1n) is 10.5. The number of hydrogen-bond acceptors (Lipinski definition) is 5. The second-order valence-corrected chi connectivity index (χ2v) is 9.12. The number of aromatic nitrogens is 2. The SMILES string of the molecule is Cc1nn(-c2ccccc2)c(OC(=O)c2ccc(OC(C)C)cc2)c1Sc1ccc(Cl)cc1. The standard InChI is InChI=1S/C26H23ClN2O3S/c1-17(2)31-22-13-9-19(10-14-22)26(30)32-25-24(33-23-15-11-20(27)12-16-23)18(3)28-29(25)21-7-5-4-6-8-21/h4-17H,1-3H3. The Morgan fingerprint density at radius 3 is 2.27 bits per heavy atom. The summed E-state index contributed by atoms with van der Waals surface area (Å²) in [7, 11) is 0. The number of carbonyl (C=O) groups excluding carboxylic acids is 1. The molecule has 0 saturated carbocycles. The summed E-state index contributed by atoms with van der Waals surface area (Å²) in [5.74, 6) is 0.595. The maximum Gasteiger partial charge on any atom is 0.344 e. The van der Waals surface area contributed by atoms with E-state index in [0.29, 0.717) is 22.2 Å². The third-order valence-corrected chi connectivity index (χ3v) is 6.08. The van der Waals surface area contributed by atoms with Gasteiger partial charge in [-0.1, -0.05) is 41.6 Å². The van der Waals surface area contributed by atoms with Crippen molar-refractivity contribution in [3.05, 3.63) is 95.1 Å². The largest absolute Gasteiger partial charge is 0.491 e. The fraction of sp³-hybridized carbons (Fsp3) is 0.154. The molecule has 4 rings (SSSR count). The van der Waals surface area contributed by atoms with Gasteiger partial charge in [0.2, 0.25) is 5.88 Å². The minimum absolute atomic E-state index is 0.0541. The predicted molar refractivity (Wildman–Crippen MR) is 131 cm³/mol. The van der Waals surface area contributed by atoms with Gasteiger partial charge in [0.25, 0.3) is 0 Å². The Balaban J connectivity index is 1.68. The molecule has 0 unspecified atom stereocenters. The van der Waals surface area contributed by atoms with E-state index in [1.165, 1.54) is 11.8 Å². The van der Waals surface area contributed by atoms with Crippen LogP contribution in [-0.4, -0.2) is 21.9 Å². The van der Waals surface area contributed by atoms with E-state index in [9.17, 15) is 4.79 Å². The Labute approximate surface area is 202 Å². The summed E-state index contributed by atoms with van der Waals surface area (Å²) in [5, 5.41) is 5.32. The van der Waals surface area contributed by atoms with Gasteiger partial charge in [0.15, 0.2) is 0 Å². The number of esters is 1. The van der Waals surface area contributed by atoms with Crippen molar-refractivity contribution in [1.29, 1.82) is 0 Å². The van der Waals surface area contributed by atoms with Crippen molar-refractivity contribution in [2.75, 3.05) is 0 Å². The van der Waals surface area contributed by atoms with E-state index in [2.05, 4.69) is 5.10 Å². The Kier molecular flexibility index (Phi) is 7.06. The van der Waals surface area contributed by atoms with Crippen LogP contribution in [0.2, 0.25) is 5.02 Å². The van der Waals surface area contributed by atoms with Crippen LogP contribution in [0.5, 0.6) is 11.6 Å². The number of rotatable bonds is 7. The van der Waals surface area contributed by atoms with E-state index in [1.807, 2.05) is 75.4 Å². The highest BCUT2D eigenvalue weighted by Gasteiger charge is 2.23. The lowest BCUT2D eigenvalue weighted by Gasteiger charge is -2.12. The highest BCUT2D eigenvalue weighted by Crippen LogP contribution is 2.39. The van der Waals surface area contributed by atoms with E-state index in [1.54, 1.807) is 28.9 Å². The van der Waals surface area contributed by atoms with Crippen LogP contribution in [0.4, 0.5) is 0 Å². The molecule has 4 aromatic rings. The summed E-state index contributed by atoms with van der Waals surface area (Å²) in [6.45, 7) is 5.80. The van der Waals surface area contributed by atoms with Gasteiger partial charge in [0, 0.05) is 9.92 Å². The normalized spacial score (nSPS) is 10.9. The lowest BCUT2D eigenvalue weighted by atomic mass is 10.2. The molecule has 168 valence electrons. The number of halogens is 1. The average molecular weight is 479 g/mol. The Hall–Kier alpha value is -3.22. The maximum atomic E-state index is 13.1. The summed E-state index contributed by atoms with van der Waals surface area (Å²) in [6, 6.07) is 24.0. The molecule has 1 aromatic heterocycles. The predicted octanol–water partition coefficient (Wildman–Crippen LogP) is 6.99. The van der Waals surface area contributed by atoms with Gasteiger partial charge in [0.1, 0.15) is 5.75 Å². The van der Waals surface area contributed by atoms with Gasteiger partial charge in [-0.3, -0.25) is 0 Å². The highest BCUT2D eigenvalue weighted by molar-refractivity contribution is 7.99. The molecule has 0 amide bonds. The molecule has 0 radical (unpaired) electrons. The van der Waals surface area contributed by atoms with Crippen molar-refractivity contribution >= 4 is 29.3 Å². The third-order valence-electron chi connectivity index (χ3n) is 4.65. The van der Waals surface area contributed by atoms with Crippen LogP contribution in [-0.2, 0) is 0 Å². The number of ether oxygens (including phenoxy) is 2. The summed E-state index contributed by atoms with van der Waals surface area (Å²) in [6.07, 6.45) is 0.0541. The molecule has 7 heteroatoms. The molecule has 0 saturated heterocycles. The minimum Gasteiger partial charge on any atom is -0.491 e. The van der Waals surface area contributed by atoms with Crippen LogP contribution in [0.1, 0.15) is 29.9 Å². The van der Waals surface area contributed by atoms with Crippen LogP contribution in [0, 0.1) is 6.92 Å². The van der Waals surface area contributed by atoms with Crippen molar-refractivity contribution in [3.8, 4) is 17.3 Å². The summed E-state index contributed by atoms with van der Waals surface area (Å²) < 4.78 is 13.2. The topological polar surface area (TPSA) is 53.4 Å². The molecule has 0 bridgehead atoms. The summed E-state index contributed by atoms with van der Waals surface area (Å²) >= 11 is 7.51. The Morgan fingerprint density at radius 1 is 0.970 bits per heavy atom. The van der Waals surface area contributed by atoms with Gasteiger partial charge in [0.05, 0.1) is 27.9 Å². The average Bonchev–Trinajstić information content (AvgIpc) is 3.11. The molecule has 5 nitrogen and oxygen atoms in total.